The molecule has 18 heavy (non-hydrogen) atoms. The molecule has 4 nitrogen and oxygen atoms in total. The molecule has 102 valence electrons. The SMILES string of the molecule is O=C(N1CCCOCC1)[C@@]12CCCC[C@H]1CNC2. The van der Waals surface area contributed by atoms with Crippen molar-refractivity contribution in [3.63, 3.8) is 0 Å². The predicted molar refractivity (Wildman–Crippen MR) is 69.3 cm³/mol. The van der Waals surface area contributed by atoms with Crippen molar-refractivity contribution >= 4 is 5.91 Å². The van der Waals surface area contributed by atoms with Gasteiger partial charge in [0.25, 0.3) is 0 Å². The Morgan fingerprint density at radius 3 is 3.11 bits per heavy atom. The number of ether oxygens (including phenoxy) is 1. The lowest BCUT2D eigenvalue weighted by molar-refractivity contribution is -0.145. The summed E-state index contributed by atoms with van der Waals surface area (Å²) in [7, 11) is 0. The van der Waals surface area contributed by atoms with Crippen molar-refractivity contribution in [2.24, 2.45) is 11.3 Å². The van der Waals surface area contributed by atoms with Crippen LogP contribution in [0.15, 0.2) is 0 Å². The zero-order valence-corrected chi connectivity index (χ0v) is 11.1. The fourth-order valence-corrected chi connectivity index (χ4v) is 3.93. The zero-order valence-electron chi connectivity index (χ0n) is 11.1. The van der Waals surface area contributed by atoms with Crippen LogP contribution in [0.2, 0.25) is 0 Å². The first-order valence-electron chi connectivity index (χ1n) is 7.41. The lowest BCUT2D eigenvalue weighted by Gasteiger charge is -2.40. The second kappa shape index (κ2) is 5.17. The summed E-state index contributed by atoms with van der Waals surface area (Å²) in [5.74, 6) is 0.977. The number of hydrogen-bond donors (Lipinski definition) is 1. The van der Waals surface area contributed by atoms with Gasteiger partial charge in [0.2, 0.25) is 5.91 Å². The molecule has 0 unspecified atom stereocenters. The molecule has 0 aromatic carbocycles. The van der Waals surface area contributed by atoms with Crippen LogP contribution in [0.25, 0.3) is 0 Å². The Morgan fingerprint density at radius 2 is 2.17 bits per heavy atom. The Bertz CT molecular complexity index is 313. The summed E-state index contributed by atoms with van der Waals surface area (Å²) in [5, 5.41) is 3.46. The molecule has 3 aliphatic rings. The van der Waals surface area contributed by atoms with E-state index in [1.807, 2.05) is 0 Å². The highest BCUT2D eigenvalue weighted by molar-refractivity contribution is 5.84. The highest BCUT2D eigenvalue weighted by atomic mass is 16.5. The lowest BCUT2D eigenvalue weighted by Crippen LogP contribution is -2.50. The lowest BCUT2D eigenvalue weighted by atomic mass is 9.67. The van der Waals surface area contributed by atoms with Gasteiger partial charge in [-0.05, 0) is 31.7 Å². The Balaban J connectivity index is 1.76. The maximum atomic E-state index is 12.9. The van der Waals surface area contributed by atoms with Crippen molar-refractivity contribution in [2.75, 3.05) is 39.4 Å². The van der Waals surface area contributed by atoms with Crippen molar-refractivity contribution in [1.29, 1.82) is 0 Å². The summed E-state index contributed by atoms with van der Waals surface area (Å²) in [6.45, 7) is 5.11. The summed E-state index contributed by atoms with van der Waals surface area (Å²) >= 11 is 0. The number of rotatable bonds is 1. The second-order valence-electron chi connectivity index (χ2n) is 5.99. The molecule has 0 spiro atoms. The van der Waals surface area contributed by atoms with Gasteiger partial charge in [0, 0.05) is 26.2 Å². The van der Waals surface area contributed by atoms with Crippen molar-refractivity contribution in [1.82, 2.24) is 10.2 Å². The molecule has 4 heteroatoms. The van der Waals surface area contributed by atoms with Crippen LogP contribution in [-0.4, -0.2) is 50.2 Å². The van der Waals surface area contributed by atoms with Gasteiger partial charge < -0.3 is 15.0 Å². The normalized spacial score (nSPS) is 37.1. The average molecular weight is 252 g/mol. The molecule has 2 heterocycles. The van der Waals surface area contributed by atoms with Crippen LogP contribution in [-0.2, 0) is 9.53 Å². The summed E-state index contributed by atoms with van der Waals surface area (Å²) in [6.07, 6.45) is 5.81. The first kappa shape index (κ1) is 12.4. The molecule has 0 aromatic heterocycles. The van der Waals surface area contributed by atoms with Gasteiger partial charge in [-0.25, -0.2) is 0 Å². The number of carbonyl (C=O) groups is 1. The van der Waals surface area contributed by atoms with Gasteiger partial charge in [-0.15, -0.1) is 0 Å². The summed E-state index contributed by atoms with van der Waals surface area (Å²) in [6, 6.07) is 0. The minimum atomic E-state index is -0.0808. The molecule has 3 rings (SSSR count). The van der Waals surface area contributed by atoms with Crippen molar-refractivity contribution in [3.8, 4) is 0 Å². The Morgan fingerprint density at radius 1 is 1.22 bits per heavy atom. The van der Waals surface area contributed by atoms with E-state index in [9.17, 15) is 4.79 Å². The van der Waals surface area contributed by atoms with Crippen molar-refractivity contribution < 1.29 is 9.53 Å². The number of carbonyl (C=O) groups excluding carboxylic acids is 1. The van der Waals surface area contributed by atoms with Crippen LogP contribution in [0.5, 0.6) is 0 Å². The third kappa shape index (κ3) is 2.05. The van der Waals surface area contributed by atoms with Gasteiger partial charge in [0.1, 0.15) is 0 Å². The van der Waals surface area contributed by atoms with Gasteiger partial charge >= 0.3 is 0 Å². The van der Waals surface area contributed by atoms with Crippen LogP contribution in [0, 0.1) is 11.3 Å². The number of amides is 1. The van der Waals surface area contributed by atoms with Gasteiger partial charge in [-0.1, -0.05) is 12.8 Å². The first-order valence-corrected chi connectivity index (χ1v) is 7.41. The number of nitrogens with one attached hydrogen (secondary N) is 1. The molecule has 2 aliphatic heterocycles. The highest BCUT2D eigenvalue weighted by Crippen LogP contribution is 2.45. The van der Waals surface area contributed by atoms with E-state index in [4.69, 9.17) is 4.74 Å². The summed E-state index contributed by atoms with van der Waals surface area (Å²) in [4.78, 5) is 15.0. The second-order valence-corrected chi connectivity index (χ2v) is 5.99. The molecule has 0 aromatic rings. The van der Waals surface area contributed by atoms with E-state index >= 15 is 0 Å². The maximum absolute atomic E-state index is 12.9. The standard InChI is InChI=1S/C14H24N2O2/c17-13(16-6-3-8-18-9-7-16)14-5-2-1-4-12(14)10-15-11-14/h12,15H,1-11H2/t12-,14+/m0/s1. The molecule has 1 amide bonds. The van der Waals surface area contributed by atoms with E-state index in [2.05, 4.69) is 10.2 Å². The van der Waals surface area contributed by atoms with Crippen LogP contribution in [0.4, 0.5) is 0 Å². The monoisotopic (exact) mass is 252 g/mol. The van der Waals surface area contributed by atoms with Crippen LogP contribution in [0.1, 0.15) is 32.1 Å². The predicted octanol–water partition coefficient (Wildman–Crippen LogP) is 1.02. The van der Waals surface area contributed by atoms with E-state index in [0.717, 1.165) is 45.6 Å². The molecule has 1 aliphatic carbocycles. The van der Waals surface area contributed by atoms with Crippen molar-refractivity contribution in [3.05, 3.63) is 0 Å². The third-order valence-electron chi connectivity index (χ3n) is 4.97. The van der Waals surface area contributed by atoms with Gasteiger partial charge in [-0.2, -0.15) is 0 Å². The quantitative estimate of drug-likeness (QED) is 0.757. The molecule has 3 fully saturated rings. The van der Waals surface area contributed by atoms with E-state index in [0.29, 0.717) is 18.4 Å². The first-order chi connectivity index (χ1) is 8.83. The van der Waals surface area contributed by atoms with Gasteiger partial charge in [-0.3, -0.25) is 4.79 Å². The molecule has 2 saturated heterocycles. The third-order valence-corrected chi connectivity index (χ3v) is 4.97. The number of nitrogens with zero attached hydrogens (tertiary/aromatic N) is 1. The molecular weight excluding hydrogens is 228 g/mol. The van der Waals surface area contributed by atoms with E-state index in [1.54, 1.807) is 0 Å². The minimum Gasteiger partial charge on any atom is -0.380 e. The van der Waals surface area contributed by atoms with Crippen LogP contribution >= 0.6 is 0 Å². The smallest absolute Gasteiger partial charge is 0.230 e. The molecule has 0 bridgehead atoms. The molecule has 1 N–H and O–H groups in total. The molecule has 0 radical (unpaired) electrons. The topological polar surface area (TPSA) is 41.6 Å². The Kier molecular flexibility index (Phi) is 3.57. The molecular formula is C14H24N2O2. The highest BCUT2D eigenvalue weighted by Gasteiger charge is 2.51. The average Bonchev–Trinajstić information content (AvgIpc) is 2.66. The van der Waals surface area contributed by atoms with Crippen LogP contribution < -0.4 is 5.32 Å². The van der Waals surface area contributed by atoms with E-state index < -0.39 is 0 Å². The Labute approximate surface area is 109 Å². The largest absolute Gasteiger partial charge is 0.380 e. The number of hydrogen-bond acceptors (Lipinski definition) is 3. The summed E-state index contributed by atoms with van der Waals surface area (Å²) in [5.41, 5.74) is -0.0808. The molecule has 2 atom stereocenters. The van der Waals surface area contributed by atoms with Crippen LogP contribution in [0.3, 0.4) is 0 Å². The van der Waals surface area contributed by atoms with E-state index in [1.165, 1.54) is 19.3 Å². The Hall–Kier alpha value is -0.610. The van der Waals surface area contributed by atoms with Crippen molar-refractivity contribution in [2.45, 2.75) is 32.1 Å². The zero-order chi connectivity index (χ0) is 12.4. The summed E-state index contributed by atoms with van der Waals surface area (Å²) < 4.78 is 5.46. The minimum absolute atomic E-state index is 0.0808. The van der Waals surface area contributed by atoms with Gasteiger partial charge in [0.15, 0.2) is 0 Å². The van der Waals surface area contributed by atoms with Gasteiger partial charge in [0.05, 0.1) is 12.0 Å². The fraction of sp³-hybridized carbons (Fsp3) is 0.929. The van der Waals surface area contributed by atoms with E-state index in [-0.39, 0.29) is 5.41 Å². The maximum Gasteiger partial charge on any atom is 0.230 e. The molecule has 1 saturated carbocycles. The number of fused-ring (bicyclic) bond motifs is 1. The fourth-order valence-electron chi connectivity index (χ4n) is 3.93.